The summed E-state index contributed by atoms with van der Waals surface area (Å²) in [4.78, 5) is 21.8. The van der Waals surface area contributed by atoms with Crippen LogP contribution in [-0.4, -0.2) is 24.3 Å². The molecule has 0 N–H and O–H groups in total. The average Bonchev–Trinajstić information content (AvgIpc) is 2.60. The second kappa shape index (κ2) is 2.66. The molecule has 0 aromatic carbocycles. The van der Waals surface area contributed by atoms with E-state index >= 15 is 0 Å². The van der Waals surface area contributed by atoms with Gasteiger partial charge in [0.1, 0.15) is 12.1 Å². The number of hydrogen-bond donors (Lipinski definition) is 0. The van der Waals surface area contributed by atoms with Crippen LogP contribution in [0.25, 0.3) is 0 Å². The van der Waals surface area contributed by atoms with Gasteiger partial charge in [-0.1, -0.05) is 0 Å². The molecule has 2 rings (SSSR count). The van der Waals surface area contributed by atoms with Crippen molar-refractivity contribution >= 4 is 12.1 Å². The Morgan fingerprint density at radius 1 is 1.42 bits per heavy atom. The zero-order chi connectivity index (χ0) is 8.72. The molecule has 12 heavy (non-hydrogen) atoms. The van der Waals surface area contributed by atoms with Gasteiger partial charge in [-0.3, -0.25) is 4.79 Å². The second-order valence-corrected chi connectivity index (χ2v) is 3.64. The van der Waals surface area contributed by atoms with Crippen LogP contribution < -0.4 is 0 Å². The highest BCUT2D eigenvalue weighted by Crippen LogP contribution is 2.42. The lowest BCUT2D eigenvalue weighted by Crippen LogP contribution is -2.33. The molecular formula is C9H12O3. The van der Waals surface area contributed by atoms with Gasteiger partial charge >= 0.3 is 0 Å². The number of carbonyl (C=O) groups is 2. The average molecular weight is 168 g/mol. The van der Waals surface area contributed by atoms with Crippen molar-refractivity contribution in [2.45, 2.75) is 32.0 Å². The van der Waals surface area contributed by atoms with Crippen molar-refractivity contribution < 1.29 is 14.3 Å². The van der Waals surface area contributed by atoms with Crippen LogP contribution in [-0.2, 0) is 14.3 Å². The fourth-order valence-electron chi connectivity index (χ4n) is 2.42. The van der Waals surface area contributed by atoms with E-state index in [-0.39, 0.29) is 29.8 Å². The van der Waals surface area contributed by atoms with Crippen molar-refractivity contribution in [1.82, 2.24) is 0 Å². The number of hydrogen-bond acceptors (Lipinski definition) is 3. The molecule has 2 heterocycles. The standard InChI is InChI=1S/C9H12O3/c1-5(11)9-6(4-10)7-2-3-8(9)12-7/h4,6-9H,2-3H2,1H3. The molecule has 66 valence electrons. The van der Waals surface area contributed by atoms with Crippen LogP contribution in [0.1, 0.15) is 19.8 Å². The van der Waals surface area contributed by atoms with Gasteiger partial charge in [0, 0.05) is 0 Å². The van der Waals surface area contributed by atoms with E-state index in [0.29, 0.717) is 0 Å². The number of fused-ring (bicyclic) bond motifs is 2. The summed E-state index contributed by atoms with van der Waals surface area (Å²) in [6, 6.07) is 0. The van der Waals surface area contributed by atoms with Gasteiger partial charge in [0.25, 0.3) is 0 Å². The number of ketones is 1. The highest BCUT2D eigenvalue weighted by atomic mass is 16.5. The van der Waals surface area contributed by atoms with Crippen molar-refractivity contribution in [3.63, 3.8) is 0 Å². The minimum absolute atomic E-state index is 0.0291. The Morgan fingerprint density at radius 2 is 2.08 bits per heavy atom. The quantitative estimate of drug-likeness (QED) is 0.566. The van der Waals surface area contributed by atoms with Crippen molar-refractivity contribution in [3.8, 4) is 0 Å². The highest BCUT2D eigenvalue weighted by molar-refractivity contribution is 5.83. The molecule has 0 radical (unpaired) electrons. The Kier molecular flexibility index (Phi) is 1.76. The minimum atomic E-state index is -0.166. The van der Waals surface area contributed by atoms with Gasteiger partial charge in [0.2, 0.25) is 0 Å². The van der Waals surface area contributed by atoms with Crippen LogP contribution in [0.5, 0.6) is 0 Å². The predicted molar refractivity (Wildman–Crippen MR) is 41.6 cm³/mol. The van der Waals surface area contributed by atoms with Crippen LogP contribution in [0.3, 0.4) is 0 Å². The predicted octanol–water partition coefficient (Wildman–Crippen LogP) is 0.568. The molecule has 0 aromatic rings. The smallest absolute Gasteiger partial charge is 0.136 e. The van der Waals surface area contributed by atoms with E-state index in [1.54, 1.807) is 6.92 Å². The van der Waals surface area contributed by atoms with Crippen LogP contribution in [0, 0.1) is 11.8 Å². The summed E-state index contributed by atoms with van der Waals surface area (Å²) in [6.07, 6.45) is 2.83. The first kappa shape index (κ1) is 7.92. The fourth-order valence-corrected chi connectivity index (χ4v) is 2.42. The Balaban J connectivity index is 2.21. The third-order valence-corrected chi connectivity index (χ3v) is 2.96. The first-order valence-electron chi connectivity index (χ1n) is 4.35. The first-order chi connectivity index (χ1) is 5.74. The molecule has 0 saturated carbocycles. The van der Waals surface area contributed by atoms with Gasteiger partial charge in [-0.05, 0) is 19.8 Å². The van der Waals surface area contributed by atoms with E-state index in [4.69, 9.17) is 4.74 Å². The lowest BCUT2D eigenvalue weighted by molar-refractivity contribution is -0.126. The molecule has 0 aliphatic carbocycles. The normalized spacial score (nSPS) is 44.8. The summed E-state index contributed by atoms with van der Waals surface area (Å²) < 4.78 is 5.50. The zero-order valence-corrected chi connectivity index (χ0v) is 7.03. The van der Waals surface area contributed by atoms with Crippen LogP contribution >= 0.6 is 0 Å². The van der Waals surface area contributed by atoms with Crippen molar-refractivity contribution in [3.05, 3.63) is 0 Å². The molecule has 0 amide bonds. The molecule has 2 saturated heterocycles. The van der Waals surface area contributed by atoms with E-state index in [0.717, 1.165) is 19.1 Å². The number of Topliss-reactive ketones (excluding diaryl/α,β-unsaturated/α-hetero) is 1. The largest absolute Gasteiger partial charge is 0.373 e. The second-order valence-electron chi connectivity index (χ2n) is 3.64. The summed E-state index contributed by atoms with van der Waals surface area (Å²) in [7, 11) is 0. The minimum Gasteiger partial charge on any atom is -0.373 e. The Morgan fingerprint density at radius 3 is 2.58 bits per heavy atom. The maximum Gasteiger partial charge on any atom is 0.136 e. The Hall–Kier alpha value is -0.700. The van der Waals surface area contributed by atoms with Gasteiger partial charge in [-0.2, -0.15) is 0 Å². The summed E-state index contributed by atoms with van der Waals surface area (Å²) in [5.41, 5.74) is 0. The van der Waals surface area contributed by atoms with Gasteiger partial charge in [-0.25, -0.2) is 0 Å². The molecule has 2 fully saturated rings. The van der Waals surface area contributed by atoms with Crippen molar-refractivity contribution in [1.29, 1.82) is 0 Å². The van der Waals surface area contributed by atoms with Gasteiger partial charge in [0.05, 0.1) is 24.0 Å². The van der Waals surface area contributed by atoms with Crippen LogP contribution in [0.4, 0.5) is 0 Å². The van der Waals surface area contributed by atoms with Crippen molar-refractivity contribution in [2.24, 2.45) is 11.8 Å². The Labute approximate surface area is 71.1 Å². The molecule has 2 aliphatic heterocycles. The number of rotatable bonds is 2. The molecule has 3 heteroatoms. The summed E-state index contributed by atoms with van der Waals surface area (Å²) in [6.45, 7) is 1.55. The molecule has 2 aliphatic rings. The van der Waals surface area contributed by atoms with E-state index in [9.17, 15) is 9.59 Å². The van der Waals surface area contributed by atoms with E-state index < -0.39 is 0 Å². The van der Waals surface area contributed by atoms with Crippen LogP contribution in [0.2, 0.25) is 0 Å². The molecule has 0 aromatic heterocycles. The first-order valence-corrected chi connectivity index (χ1v) is 4.35. The molecule has 4 unspecified atom stereocenters. The molecular weight excluding hydrogens is 156 g/mol. The molecule has 4 atom stereocenters. The number of aldehydes is 1. The summed E-state index contributed by atoms with van der Waals surface area (Å²) >= 11 is 0. The topological polar surface area (TPSA) is 43.4 Å². The highest BCUT2D eigenvalue weighted by Gasteiger charge is 2.50. The van der Waals surface area contributed by atoms with Crippen LogP contribution in [0.15, 0.2) is 0 Å². The number of carbonyl (C=O) groups excluding carboxylic acids is 2. The maximum absolute atomic E-state index is 11.2. The van der Waals surface area contributed by atoms with Gasteiger partial charge in [0.15, 0.2) is 0 Å². The lowest BCUT2D eigenvalue weighted by atomic mass is 9.78. The number of ether oxygens (including phenoxy) is 1. The third kappa shape index (κ3) is 0.926. The molecule has 3 nitrogen and oxygen atoms in total. The SMILES string of the molecule is CC(=O)C1C2CCC(O2)C1C=O. The van der Waals surface area contributed by atoms with E-state index in [2.05, 4.69) is 0 Å². The maximum atomic E-state index is 11.2. The Bertz CT molecular complexity index is 224. The van der Waals surface area contributed by atoms with Crippen molar-refractivity contribution in [2.75, 3.05) is 0 Å². The summed E-state index contributed by atoms with van der Waals surface area (Å²) in [5.74, 6) is -0.221. The third-order valence-electron chi connectivity index (χ3n) is 2.96. The van der Waals surface area contributed by atoms with E-state index in [1.807, 2.05) is 0 Å². The van der Waals surface area contributed by atoms with Gasteiger partial charge < -0.3 is 9.53 Å². The summed E-state index contributed by atoms with van der Waals surface area (Å²) in [5, 5.41) is 0. The fraction of sp³-hybridized carbons (Fsp3) is 0.778. The molecule has 2 bridgehead atoms. The monoisotopic (exact) mass is 168 g/mol. The van der Waals surface area contributed by atoms with E-state index in [1.165, 1.54) is 0 Å². The van der Waals surface area contributed by atoms with Gasteiger partial charge in [-0.15, -0.1) is 0 Å². The molecule has 0 spiro atoms. The zero-order valence-electron chi connectivity index (χ0n) is 7.03. The lowest BCUT2D eigenvalue weighted by Gasteiger charge is -2.20.